The number of methoxy groups -OCH3 is 1. The van der Waals surface area contributed by atoms with Gasteiger partial charge in [0.1, 0.15) is 16.9 Å². The number of para-hydroxylation sites is 1. The van der Waals surface area contributed by atoms with Gasteiger partial charge in [-0.25, -0.2) is 4.79 Å². The quantitative estimate of drug-likeness (QED) is 0.311. The lowest BCUT2D eigenvalue weighted by molar-refractivity contribution is 0.104. The Morgan fingerprint density at radius 1 is 1.15 bits per heavy atom. The summed E-state index contributed by atoms with van der Waals surface area (Å²) in [5, 5.41) is 1.68. The van der Waals surface area contributed by atoms with E-state index >= 15 is 0 Å². The van der Waals surface area contributed by atoms with Gasteiger partial charge in [-0.1, -0.05) is 18.2 Å². The van der Waals surface area contributed by atoms with Crippen LogP contribution in [0.15, 0.2) is 70.0 Å². The third kappa shape index (κ3) is 3.04. The fourth-order valence-electron chi connectivity index (χ4n) is 3.15. The van der Waals surface area contributed by atoms with Crippen LogP contribution in [0.5, 0.6) is 5.75 Å². The molecule has 0 spiro atoms. The van der Waals surface area contributed by atoms with Gasteiger partial charge in [0.05, 0.1) is 7.11 Å². The highest BCUT2D eigenvalue weighted by Crippen LogP contribution is 2.26. The van der Waals surface area contributed by atoms with E-state index in [1.54, 1.807) is 37.5 Å². The molecule has 4 aromatic rings. The summed E-state index contributed by atoms with van der Waals surface area (Å²) in [5.74, 6) is 0.347. The van der Waals surface area contributed by atoms with E-state index in [1.165, 1.54) is 6.08 Å². The number of carbonyl (C=O) groups is 1. The number of nitrogens with zero attached hydrogens (tertiary/aromatic N) is 1. The smallest absolute Gasteiger partial charge is 0.347 e. The first kappa shape index (κ1) is 16.8. The Balaban J connectivity index is 1.73. The Labute approximate surface area is 155 Å². The van der Waals surface area contributed by atoms with Gasteiger partial charge in [0.2, 0.25) is 0 Å². The molecule has 0 aliphatic heterocycles. The molecule has 0 atom stereocenters. The SMILES string of the molecule is COc1ccc2c(c1)c(/C=C/C(=O)c1cc3ccccc3oc1=O)cn2C. The molecular formula is C22H17NO4. The monoisotopic (exact) mass is 359 g/mol. The first-order valence-electron chi connectivity index (χ1n) is 8.45. The molecule has 0 unspecified atom stereocenters. The second-order valence-electron chi connectivity index (χ2n) is 6.26. The van der Waals surface area contributed by atoms with Crippen molar-refractivity contribution < 1.29 is 13.9 Å². The molecule has 5 nitrogen and oxygen atoms in total. The molecule has 134 valence electrons. The van der Waals surface area contributed by atoms with Gasteiger partial charge in [0, 0.05) is 35.1 Å². The molecule has 2 heterocycles. The molecule has 0 saturated carbocycles. The molecule has 4 rings (SSSR count). The lowest BCUT2D eigenvalue weighted by atomic mass is 10.1. The second kappa shape index (κ2) is 6.61. The van der Waals surface area contributed by atoms with Crippen molar-refractivity contribution in [1.29, 1.82) is 0 Å². The van der Waals surface area contributed by atoms with E-state index in [0.717, 1.165) is 22.2 Å². The summed E-state index contributed by atoms with van der Waals surface area (Å²) in [4.78, 5) is 24.7. The summed E-state index contributed by atoms with van der Waals surface area (Å²) in [5.41, 5.74) is 1.73. The number of hydrogen-bond donors (Lipinski definition) is 0. The average molecular weight is 359 g/mol. The zero-order chi connectivity index (χ0) is 19.0. The average Bonchev–Trinajstić information content (AvgIpc) is 3.00. The fourth-order valence-corrected chi connectivity index (χ4v) is 3.15. The summed E-state index contributed by atoms with van der Waals surface area (Å²) < 4.78 is 12.5. The molecule has 0 saturated heterocycles. The lowest BCUT2D eigenvalue weighted by Gasteiger charge is -2.01. The van der Waals surface area contributed by atoms with Gasteiger partial charge in [0.15, 0.2) is 5.78 Å². The van der Waals surface area contributed by atoms with Crippen molar-refractivity contribution in [2.75, 3.05) is 7.11 Å². The van der Waals surface area contributed by atoms with Crippen LogP contribution >= 0.6 is 0 Å². The molecule has 0 aliphatic carbocycles. The van der Waals surface area contributed by atoms with Crippen LogP contribution in [0.1, 0.15) is 15.9 Å². The number of aromatic nitrogens is 1. The predicted octanol–water partition coefficient (Wildman–Crippen LogP) is 4.19. The summed E-state index contributed by atoms with van der Waals surface area (Å²) in [6.45, 7) is 0. The van der Waals surface area contributed by atoms with E-state index in [2.05, 4.69) is 0 Å². The maximum atomic E-state index is 12.6. The summed E-state index contributed by atoms with van der Waals surface area (Å²) in [6.07, 6.45) is 5.03. The van der Waals surface area contributed by atoms with E-state index < -0.39 is 11.4 Å². The van der Waals surface area contributed by atoms with Crippen molar-refractivity contribution in [3.63, 3.8) is 0 Å². The van der Waals surface area contributed by atoms with Gasteiger partial charge in [-0.15, -0.1) is 0 Å². The minimum absolute atomic E-state index is 0.0165. The van der Waals surface area contributed by atoms with E-state index in [-0.39, 0.29) is 5.56 Å². The standard InChI is InChI=1S/C22H17NO4/c1-23-13-15(17-12-16(26-2)8-9-19(17)23)7-10-20(24)18-11-14-5-3-4-6-21(14)27-22(18)25/h3-13H,1-2H3/b10-7+. The van der Waals surface area contributed by atoms with Gasteiger partial charge < -0.3 is 13.7 Å². The zero-order valence-electron chi connectivity index (χ0n) is 14.9. The van der Waals surface area contributed by atoms with E-state index in [4.69, 9.17) is 9.15 Å². The number of carbonyl (C=O) groups excluding carboxylic acids is 1. The molecule has 0 fully saturated rings. The van der Waals surface area contributed by atoms with Crippen LogP contribution in [0.2, 0.25) is 0 Å². The van der Waals surface area contributed by atoms with Crippen LogP contribution in [-0.4, -0.2) is 17.5 Å². The van der Waals surface area contributed by atoms with Crippen LogP contribution in [0, 0.1) is 0 Å². The number of fused-ring (bicyclic) bond motifs is 2. The molecule has 5 heteroatoms. The van der Waals surface area contributed by atoms with E-state index in [9.17, 15) is 9.59 Å². The largest absolute Gasteiger partial charge is 0.497 e. The highest BCUT2D eigenvalue weighted by atomic mass is 16.5. The normalized spacial score (nSPS) is 11.5. The lowest BCUT2D eigenvalue weighted by Crippen LogP contribution is -2.11. The number of ether oxygens (including phenoxy) is 1. The fraction of sp³-hybridized carbons (Fsp3) is 0.0909. The molecule has 0 amide bonds. The first-order valence-corrected chi connectivity index (χ1v) is 8.45. The number of aryl methyl sites for hydroxylation is 1. The van der Waals surface area contributed by atoms with Gasteiger partial charge >= 0.3 is 5.63 Å². The van der Waals surface area contributed by atoms with Gasteiger partial charge in [0.25, 0.3) is 0 Å². The molecular weight excluding hydrogens is 342 g/mol. The van der Waals surface area contributed by atoms with Crippen LogP contribution in [0.4, 0.5) is 0 Å². The van der Waals surface area contributed by atoms with Crippen molar-refractivity contribution in [2.45, 2.75) is 0 Å². The van der Waals surface area contributed by atoms with Crippen molar-refractivity contribution in [3.05, 3.63) is 82.4 Å². The van der Waals surface area contributed by atoms with Crippen LogP contribution < -0.4 is 10.4 Å². The number of hydrogen-bond acceptors (Lipinski definition) is 4. The maximum Gasteiger partial charge on any atom is 0.347 e. The van der Waals surface area contributed by atoms with Crippen molar-refractivity contribution in [3.8, 4) is 5.75 Å². The van der Waals surface area contributed by atoms with Crippen LogP contribution in [-0.2, 0) is 7.05 Å². The molecule has 0 aliphatic rings. The zero-order valence-corrected chi connectivity index (χ0v) is 14.9. The number of benzene rings is 2. The van der Waals surface area contributed by atoms with Gasteiger partial charge in [-0.05, 0) is 42.5 Å². The van der Waals surface area contributed by atoms with Gasteiger partial charge in [-0.2, -0.15) is 0 Å². The van der Waals surface area contributed by atoms with E-state index in [0.29, 0.717) is 11.0 Å². The Morgan fingerprint density at radius 2 is 1.96 bits per heavy atom. The van der Waals surface area contributed by atoms with Crippen molar-refractivity contribution >= 4 is 33.7 Å². The number of allylic oxidation sites excluding steroid dienone is 1. The van der Waals surface area contributed by atoms with Crippen LogP contribution in [0.25, 0.3) is 27.9 Å². The molecule has 0 radical (unpaired) electrons. The van der Waals surface area contributed by atoms with Crippen molar-refractivity contribution in [2.24, 2.45) is 7.05 Å². The minimum Gasteiger partial charge on any atom is -0.497 e. The Bertz CT molecular complexity index is 1260. The molecule has 2 aromatic carbocycles. The minimum atomic E-state index is -0.636. The molecule has 0 bridgehead atoms. The number of ketones is 1. The second-order valence-corrected chi connectivity index (χ2v) is 6.26. The summed E-state index contributed by atoms with van der Waals surface area (Å²) in [7, 11) is 3.55. The summed E-state index contributed by atoms with van der Waals surface area (Å²) >= 11 is 0. The molecule has 27 heavy (non-hydrogen) atoms. The third-order valence-corrected chi connectivity index (χ3v) is 4.55. The Morgan fingerprint density at radius 3 is 2.78 bits per heavy atom. The van der Waals surface area contributed by atoms with Crippen molar-refractivity contribution in [1.82, 2.24) is 4.57 Å². The highest BCUT2D eigenvalue weighted by Gasteiger charge is 2.12. The van der Waals surface area contributed by atoms with Gasteiger partial charge in [-0.3, -0.25) is 4.79 Å². The summed E-state index contributed by atoms with van der Waals surface area (Å²) in [6, 6.07) is 14.5. The third-order valence-electron chi connectivity index (χ3n) is 4.55. The number of rotatable bonds is 4. The van der Waals surface area contributed by atoms with E-state index in [1.807, 2.05) is 42.1 Å². The topological polar surface area (TPSA) is 61.4 Å². The Hall–Kier alpha value is -3.60. The van der Waals surface area contributed by atoms with Crippen LogP contribution in [0.3, 0.4) is 0 Å². The maximum absolute atomic E-state index is 12.6. The first-order chi connectivity index (χ1) is 13.1. The molecule has 2 aromatic heterocycles. The Kier molecular flexibility index (Phi) is 4.12. The predicted molar refractivity (Wildman–Crippen MR) is 105 cm³/mol. The highest BCUT2D eigenvalue weighted by molar-refractivity contribution is 6.08. The molecule has 0 N–H and O–H groups in total.